The molecule has 0 bridgehead atoms. The molecule has 0 fully saturated rings. The first-order valence-corrected chi connectivity index (χ1v) is 11.4. The fourth-order valence-corrected chi connectivity index (χ4v) is 3.32. The second-order valence-electron chi connectivity index (χ2n) is 6.28. The molecule has 1 aromatic carbocycles. The van der Waals surface area contributed by atoms with E-state index in [1.54, 1.807) is 23.3 Å². The maximum atomic E-state index is 12.4. The highest BCUT2D eigenvalue weighted by Crippen LogP contribution is 2.17. The van der Waals surface area contributed by atoms with Crippen LogP contribution in [0.1, 0.15) is 33.4 Å². The van der Waals surface area contributed by atoms with Crippen LogP contribution >= 0.6 is 27.7 Å². The van der Waals surface area contributed by atoms with Crippen LogP contribution in [0.25, 0.3) is 5.69 Å². The number of nitrogens with zero attached hydrogens (tertiary/aromatic N) is 3. The maximum Gasteiger partial charge on any atom is 0.271 e. The Hall–Kier alpha value is -2.12. The molecule has 0 saturated heterocycles. The molecule has 2 aromatic rings. The summed E-state index contributed by atoms with van der Waals surface area (Å²) in [4.78, 5) is 21.4. The summed E-state index contributed by atoms with van der Waals surface area (Å²) in [6, 6.07) is 8.03. The molecular weight excluding hydrogens is 448 g/mol. The third-order valence-electron chi connectivity index (χ3n) is 3.63. The number of hydrogen-bond acceptors (Lipinski definition) is 5. The summed E-state index contributed by atoms with van der Waals surface area (Å²) in [5.41, 5.74) is 2.58. The van der Waals surface area contributed by atoms with Gasteiger partial charge in [-0.3, -0.25) is 14.4 Å². The van der Waals surface area contributed by atoms with Gasteiger partial charge in [-0.25, -0.2) is 4.98 Å². The van der Waals surface area contributed by atoms with Crippen LogP contribution in [0, 0.1) is 0 Å². The molecule has 0 aliphatic carbocycles. The summed E-state index contributed by atoms with van der Waals surface area (Å²) >= 11 is 4.83. The molecule has 1 aromatic heterocycles. The van der Waals surface area contributed by atoms with E-state index in [0.717, 1.165) is 32.9 Å². The third-order valence-corrected chi connectivity index (χ3v) is 4.98. The highest BCUT2D eigenvalue weighted by Gasteiger charge is 2.10. The van der Waals surface area contributed by atoms with Crippen LogP contribution in [0.2, 0.25) is 0 Å². The topological polar surface area (TPSA) is 59.3 Å². The van der Waals surface area contributed by atoms with Crippen molar-refractivity contribution in [2.24, 2.45) is 4.99 Å². The summed E-state index contributed by atoms with van der Waals surface area (Å²) in [6.45, 7) is 11.8. The van der Waals surface area contributed by atoms with Crippen molar-refractivity contribution in [2.75, 3.05) is 6.26 Å². The molecule has 0 unspecified atom stereocenters. The molecule has 1 heterocycles. The number of thioether (sulfide) groups is 1. The predicted octanol–water partition coefficient (Wildman–Crippen LogP) is 5.38. The third kappa shape index (κ3) is 8.41. The van der Waals surface area contributed by atoms with Gasteiger partial charge in [-0.2, -0.15) is 0 Å². The molecule has 0 amide bonds. The number of rotatable bonds is 7. The minimum Gasteiger partial charge on any atom is -0.383 e. The van der Waals surface area contributed by atoms with Crippen molar-refractivity contribution in [1.29, 1.82) is 0 Å². The van der Waals surface area contributed by atoms with E-state index in [0.29, 0.717) is 6.04 Å². The van der Waals surface area contributed by atoms with Crippen molar-refractivity contribution in [1.82, 2.24) is 14.9 Å². The Morgan fingerprint density at radius 3 is 2.55 bits per heavy atom. The molecule has 156 valence electrons. The van der Waals surface area contributed by atoms with Crippen molar-refractivity contribution in [3.63, 3.8) is 0 Å². The summed E-state index contributed by atoms with van der Waals surface area (Å²) in [6.07, 6.45) is 9.58. The fourth-order valence-electron chi connectivity index (χ4n) is 2.35. The Bertz CT molecular complexity index is 902. The lowest BCUT2D eigenvalue weighted by Crippen LogP contribution is -2.22. The van der Waals surface area contributed by atoms with Gasteiger partial charge >= 0.3 is 0 Å². The van der Waals surface area contributed by atoms with E-state index in [2.05, 4.69) is 51.6 Å². The molecule has 0 aliphatic rings. The van der Waals surface area contributed by atoms with Crippen LogP contribution in [0.4, 0.5) is 0 Å². The van der Waals surface area contributed by atoms with Crippen LogP contribution in [-0.4, -0.2) is 28.1 Å². The number of benzene rings is 1. The van der Waals surface area contributed by atoms with E-state index < -0.39 is 0 Å². The largest absolute Gasteiger partial charge is 0.383 e. The van der Waals surface area contributed by atoms with Crippen molar-refractivity contribution in [3.8, 4) is 5.69 Å². The molecule has 0 saturated carbocycles. The first kappa shape index (κ1) is 24.9. The number of hydrogen-bond donors (Lipinski definition) is 1. The second kappa shape index (κ2) is 13.2. The van der Waals surface area contributed by atoms with Gasteiger partial charge in [0.15, 0.2) is 0 Å². The van der Waals surface area contributed by atoms with Gasteiger partial charge < -0.3 is 5.32 Å². The summed E-state index contributed by atoms with van der Waals surface area (Å²) < 4.78 is 2.57. The molecule has 0 radical (unpaired) electrons. The normalized spacial score (nSPS) is 11.0. The predicted molar refractivity (Wildman–Crippen MR) is 129 cm³/mol. The zero-order chi connectivity index (χ0) is 21.8. The Morgan fingerprint density at radius 2 is 2.03 bits per heavy atom. The first-order valence-electron chi connectivity index (χ1n) is 9.34. The fraction of sp³-hybridized carbons (Fsp3) is 0.318. The van der Waals surface area contributed by atoms with Gasteiger partial charge in [-0.1, -0.05) is 29.4 Å². The minimum absolute atomic E-state index is 0.00308. The molecule has 2 rings (SSSR count). The molecule has 0 spiro atoms. The van der Waals surface area contributed by atoms with Gasteiger partial charge in [0, 0.05) is 28.6 Å². The number of aliphatic imine (C=N–C) groups is 1. The van der Waals surface area contributed by atoms with Crippen LogP contribution in [0.15, 0.2) is 74.3 Å². The number of nitrogens with one attached hydrogen (secondary N) is 1. The van der Waals surface area contributed by atoms with E-state index in [-0.39, 0.29) is 5.56 Å². The van der Waals surface area contributed by atoms with E-state index in [4.69, 9.17) is 0 Å². The van der Waals surface area contributed by atoms with Crippen LogP contribution in [0.5, 0.6) is 0 Å². The molecule has 5 nitrogen and oxygen atoms in total. The van der Waals surface area contributed by atoms with Gasteiger partial charge in [-0.05, 0) is 63.8 Å². The van der Waals surface area contributed by atoms with E-state index in [1.165, 1.54) is 11.8 Å². The van der Waals surface area contributed by atoms with Crippen molar-refractivity contribution in [2.45, 2.75) is 45.1 Å². The number of aromatic nitrogens is 2. The zero-order valence-electron chi connectivity index (χ0n) is 17.6. The van der Waals surface area contributed by atoms with Gasteiger partial charge in [0.2, 0.25) is 0 Å². The highest BCUT2D eigenvalue weighted by molar-refractivity contribution is 9.10. The summed E-state index contributed by atoms with van der Waals surface area (Å²) in [7, 11) is 0. The van der Waals surface area contributed by atoms with E-state index >= 15 is 0 Å². The highest BCUT2D eigenvalue weighted by atomic mass is 79.9. The van der Waals surface area contributed by atoms with E-state index in [9.17, 15) is 4.79 Å². The Kier molecular flexibility index (Phi) is 11.3. The van der Waals surface area contributed by atoms with Crippen LogP contribution < -0.4 is 10.9 Å². The molecule has 1 N–H and O–H groups in total. The molecular formula is C22H29BrN4OS. The zero-order valence-corrected chi connectivity index (χ0v) is 20.0. The molecule has 0 aliphatic heterocycles. The van der Waals surface area contributed by atoms with Crippen LogP contribution in [-0.2, 0) is 6.42 Å². The number of aryl methyl sites for hydroxylation is 1. The monoisotopic (exact) mass is 476 g/mol. The lowest BCUT2D eigenvalue weighted by Gasteiger charge is -2.09. The Morgan fingerprint density at radius 1 is 1.38 bits per heavy atom. The Balaban J connectivity index is 0.000000331. The van der Waals surface area contributed by atoms with Crippen LogP contribution in [0.3, 0.4) is 0 Å². The van der Waals surface area contributed by atoms with E-state index in [1.807, 2.05) is 50.4 Å². The summed E-state index contributed by atoms with van der Waals surface area (Å²) in [5, 5.41) is 3.15. The van der Waals surface area contributed by atoms with Crippen molar-refractivity contribution < 1.29 is 0 Å². The maximum absolute atomic E-state index is 12.4. The van der Waals surface area contributed by atoms with Crippen molar-refractivity contribution >= 4 is 33.9 Å². The van der Waals surface area contributed by atoms with Gasteiger partial charge in [-0.15, -0.1) is 11.8 Å². The van der Waals surface area contributed by atoms with Crippen molar-refractivity contribution in [3.05, 3.63) is 75.7 Å². The van der Waals surface area contributed by atoms with Gasteiger partial charge in [0.25, 0.3) is 5.56 Å². The van der Waals surface area contributed by atoms with Gasteiger partial charge in [0.05, 0.1) is 16.3 Å². The lowest BCUT2D eigenvalue weighted by molar-refractivity contribution is 0.683. The second-order valence-corrected chi connectivity index (χ2v) is 8.01. The molecule has 7 heteroatoms. The quantitative estimate of drug-likeness (QED) is 0.330. The molecule has 0 atom stereocenters. The smallest absolute Gasteiger partial charge is 0.271 e. The van der Waals surface area contributed by atoms with Gasteiger partial charge in [0.1, 0.15) is 6.33 Å². The number of halogens is 1. The summed E-state index contributed by atoms with van der Waals surface area (Å²) in [5.74, 6) is 0. The Labute approximate surface area is 186 Å². The number of allylic oxidation sites excluding steroid dienone is 1. The average molecular weight is 477 g/mol. The molecule has 29 heavy (non-hydrogen) atoms. The lowest BCUT2D eigenvalue weighted by atomic mass is 10.3. The first-order chi connectivity index (χ1) is 13.8. The standard InChI is InChI=1S/C13H13BrN2OS.C9H16N2/c1-3-11-12(18-2)13(17)16(8-15-11)10-6-4-9(14)5-7-10;1-5-10-7-6-9(4)11-8(2)3/h4-8H,3H2,1-2H3;5-8,11H,4H2,1-3H3/b;7-6-,10-5?. The minimum atomic E-state index is -0.00308. The average Bonchev–Trinajstić information content (AvgIpc) is 2.68. The SMILES string of the molecule is C=C(/C=C\N=CC)NC(C)C.CCc1ncn(-c2ccc(Br)cc2)c(=O)c1SC.